The van der Waals surface area contributed by atoms with E-state index in [2.05, 4.69) is 89.3 Å². The lowest BCUT2D eigenvalue weighted by Gasteiger charge is -2.17. The van der Waals surface area contributed by atoms with E-state index >= 15 is 0 Å². The minimum absolute atomic E-state index is 0.191. The van der Waals surface area contributed by atoms with E-state index in [9.17, 15) is 0 Å². The maximum absolute atomic E-state index is 6.03. The van der Waals surface area contributed by atoms with Crippen LogP contribution in [0.1, 0.15) is 202 Å². The average molecular weight is 625 g/mol. The Kier molecular flexibility index (Phi) is 34.2. The van der Waals surface area contributed by atoms with Crippen molar-refractivity contribution in [3.05, 3.63) is 60.9 Å². The second-order valence-electron chi connectivity index (χ2n) is 14.6. The third kappa shape index (κ3) is 38.6. The first-order valence-corrected chi connectivity index (χ1v) is 19.9. The van der Waals surface area contributed by atoms with Crippen LogP contribution in [0, 0.1) is 11.3 Å². The van der Waals surface area contributed by atoms with Gasteiger partial charge in [0.2, 0.25) is 0 Å². The van der Waals surface area contributed by atoms with Crippen molar-refractivity contribution >= 4 is 0 Å². The number of hydrogen-bond donors (Lipinski definition) is 0. The van der Waals surface area contributed by atoms with Gasteiger partial charge in [0.05, 0.1) is 12.9 Å². The topological polar surface area (TPSA) is 9.23 Å². The van der Waals surface area contributed by atoms with Gasteiger partial charge in [-0.05, 0) is 94.5 Å². The molecule has 0 aliphatic heterocycles. The fourth-order valence-electron chi connectivity index (χ4n) is 5.60. The lowest BCUT2D eigenvalue weighted by atomic mass is 9.94. The van der Waals surface area contributed by atoms with Crippen LogP contribution in [0.4, 0.5) is 0 Å². The maximum atomic E-state index is 6.03. The Bertz CT molecular complexity index is 668. The molecule has 0 rings (SSSR count). The van der Waals surface area contributed by atoms with Crippen molar-refractivity contribution in [1.29, 1.82) is 0 Å². The molecule has 45 heavy (non-hydrogen) atoms. The van der Waals surface area contributed by atoms with E-state index in [4.69, 9.17) is 4.74 Å². The van der Waals surface area contributed by atoms with Crippen LogP contribution in [0.15, 0.2) is 60.9 Å². The summed E-state index contributed by atoms with van der Waals surface area (Å²) in [5.74, 6) is 0.714. The van der Waals surface area contributed by atoms with Gasteiger partial charge in [0.1, 0.15) is 0 Å². The summed E-state index contributed by atoms with van der Waals surface area (Å²) in [7, 11) is 0. The second-order valence-corrected chi connectivity index (χ2v) is 14.6. The lowest BCUT2D eigenvalue weighted by molar-refractivity contribution is 0.174. The Hall–Kier alpha value is -1.50. The number of rotatable bonds is 33. The highest BCUT2D eigenvalue weighted by atomic mass is 16.5. The van der Waals surface area contributed by atoms with Gasteiger partial charge in [0.25, 0.3) is 0 Å². The summed E-state index contributed by atoms with van der Waals surface area (Å²) in [6.07, 6.45) is 57.5. The molecule has 0 aromatic rings. The van der Waals surface area contributed by atoms with Crippen LogP contribution in [0.3, 0.4) is 0 Å². The Labute approximate surface area is 284 Å². The zero-order valence-corrected chi connectivity index (χ0v) is 31.4. The van der Waals surface area contributed by atoms with Crippen molar-refractivity contribution in [2.24, 2.45) is 11.3 Å². The van der Waals surface area contributed by atoms with E-state index in [1.807, 2.05) is 6.26 Å². The highest BCUT2D eigenvalue weighted by Crippen LogP contribution is 2.21. The molecule has 0 saturated carbocycles. The van der Waals surface area contributed by atoms with Gasteiger partial charge < -0.3 is 4.74 Å². The zero-order chi connectivity index (χ0) is 32.9. The number of allylic oxidation sites excluding steroid dienone is 9. The third-order valence-electron chi connectivity index (χ3n) is 8.62. The van der Waals surface area contributed by atoms with Gasteiger partial charge in [0.15, 0.2) is 0 Å². The Morgan fingerprint density at radius 2 is 0.800 bits per heavy atom. The normalized spacial score (nSPS) is 12.9. The van der Waals surface area contributed by atoms with E-state index in [0.717, 1.165) is 19.4 Å². The summed E-state index contributed by atoms with van der Waals surface area (Å²) < 4.78 is 6.03. The molecule has 0 heterocycles. The Balaban J connectivity index is 3.95. The fraction of sp³-hybridized carbons (Fsp3) is 0.773. The zero-order valence-electron chi connectivity index (χ0n) is 31.4. The van der Waals surface area contributed by atoms with Crippen LogP contribution in [-0.4, -0.2) is 6.61 Å². The summed E-state index contributed by atoms with van der Waals surface area (Å²) in [5.41, 5.74) is 0.191. The van der Waals surface area contributed by atoms with Crippen molar-refractivity contribution in [3.63, 3.8) is 0 Å². The van der Waals surface area contributed by atoms with Crippen molar-refractivity contribution in [3.8, 4) is 0 Å². The highest BCUT2D eigenvalue weighted by molar-refractivity contribution is 4.93. The SMILES string of the molecule is CCCCC/C=C\C/C=C\CCCCCCCCC(CCCCCCCC/C=C\C/C=C\CCCCC)CO/C=C/C(C)(C)C. The Morgan fingerprint density at radius 1 is 0.444 bits per heavy atom. The van der Waals surface area contributed by atoms with Gasteiger partial charge in [-0.2, -0.15) is 0 Å². The molecule has 0 amide bonds. The summed E-state index contributed by atoms with van der Waals surface area (Å²) in [4.78, 5) is 0. The van der Waals surface area contributed by atoms with Crippen molar-refractivity contribution < 1.29 is 4.74 Å². The molecule has 0 aliphatic carbocycles. The molecule has 0 aromatic heterocycles. The summed E-state index contributed by atoms with van der Waals surface area (Å²) in [6, 6.07) is 0. The van der Waals surface area contributed by atoms with Gasteiger partial charge in [-0.1, -0.05) is 173 Å². The molecule has 262 valence electrons. The second kappa shape index (κ2) is 35.4. The minimum atomic E-state index is 0.191. The van der Waals surface area contributed by atoms with Crippen LogP contribution in [0.5, 0.6) is 0 Å². The molecule has 0 saturated heterocycles. The van der Waals surface area contributed by atoms with Crippen LogP contribution >= 0.6 is 0 Å². The summed E-state index contributed by atoms with van der Waals surface area (Å²) in [5, 5.41) is 0. The average Bonchev–Trinajstić information content (AvgIpc) is 3.01. The smallest absolute Gasteiger partial charge is 0.0901 e. The predicted molar refractivity (Wildman–Crippen MR) is 206 cm³/mol. The molecule has 0 aromatic carbocycles. The van der Waals surface area contributed by atoms with E-state index in [1.54, 1.807) is 0 Å². The van der Waals surface area contributed by atoms with Gasteiger partial charge >= 0.3 is 0 Å². The van der Waals surface area contributed by atoms with Crippen LogP contribution < -0.4 is 0 Å². The minimum Gasteiger partial charge on any atom is -0.501 e. The molecule has 0 aliphatic rings. The standard InChI is InChI=1S/C44H80O/c1-6-8-10-12-14-16-18-20-22-24-26-28-30-32-34-36-38-43(42-45-41-40-44(3,4)5)39-37-35-33-31-29-27-25-23-21-19-17-15-13-11-9-7-2/h14-17,20-23,40-41,43H,6-13,18-19,24-39,42H2,1-5H3/b16-14-,17-15-,22-20-,23-21-,41-40+. The van der Waals surface area contributed by atoms with E-state index in [1.165, 1.54) is 154 Å². The van der Waals surface area contributed by atoms with Gasteiger partial charge in [-0.25, -0.2) is 0 Å². The number of unbranched alkanes of at least 4 members (excludes halogenated alkanes) is 18. The van der Waals surface area contributed by atoms with Crippen LogP contribution in [0.25, 0.3) is 0 Å². The molecule has 0 unspecified atom stereocenters. The van der Waals surface area contributed by atoms with E-state index < -0.39 is 0 Å². The van der Waals surface area contributed by atoms with Gasteiger partial charge in [-0.15, -0.1) is 0 Å². The molecule has 0 spiro atoms. The molecule has 0 bridgehead atoms. The van der Waals surface area contributed by atoms with Crippen molar-refractivity contribution in [2.45, 2.75) is 202 Å². The van der Waals surface area contributed by atoms with E-state index in [0.29, 0.717) is 5.92 Å². The fourth-order valence-corrected chi connectivity index (χ4v) is 5.60. The Morgan fingerprint density at radius 3 is 1.18 bits per heavy atom. The first-order chi connectivity index (χ1) is 22.0. The first-order valence-electron chi connectivity index (χ1n) is 19.9. The lowest BCUT2D eigenvalue weighted by Crippen LogP contribution is -2.09. The molecule has 1 nitrogen and oxygen atoms in total. The maximum Gasteiger partial charge on any atom is 0.0901 e. The molecule has 1 heteroatoms. The highest BCUT2D eigenvalue weighted by Gasteiger charge is 2.10. The summed E-state index contributed by atoms with van der Waals surface area (Å²) >= 11 is 0. The van der Waals surface area contributed by atoms with Crippen LogP contribution in [-0.2, 0) is 4.74 Å². The number of ether oxygens (including phenoxy) is 1. The predicted octanol–water partition coefficient (Wildman–Crippen LogP) is 15.6. The van der Waals surface area contributed by atoms with Crippen molar-refractivity contribution in [1.82, 2.24) is 0 Å². The van der Waals surface area contributed by atoms with Gasteiger partial charge in [0, 0.05) is 0 Å². The molecule has 0 N–H and O–H groups in total. The molecule has 0 atom stereocenters. The first kappa shape index (κ1) is 43.5. The molecular formula is C44H80O. The number of hydrogen-bond acceptors (Lipinski definition) is 1. The molecular weight excluding hydrogens is 544 g/mol. The van der Waals surface area contributed by atoms with Crippen molar-refractivity contribution in [2.75, 3.05) is 6.61 Å². The molecule has 0 radical (unpaired) electrons. The summed E-state index contributed by atoms with van der Waals surface area (Å²) in [6.45, 7) is 12.1. The monoisotopic (exact) mass is 625 g/mol. The van der Waals surface area contributed by atoms with E-state index in [-0.39, 0.29) is 5.41 Å². The quantitative estimate of drug-likeness (QED) is 0.0401. The van der Waals surface area contributed by atoms with Gasteiger partial charge in [-0.3, -0.25) is 0 Å². The van der Waals surface area contributed by atoms with Crippen LogP contribution in [0.2, 0.25) is 0 Å². The largest absolute Gasteiger partial charge is 0.501 e. The molecule has 0 fully saturated rings. The third-order valence-corrected chi connectivity index (χ3v) is 8.62.